The highest BCUT2D eigenvalue weighted by Crippen LogP contribution is 2.56. The third-order valence-electron chi connectivity index (χ3n) is 3.35. The summed E-state index contributed by atoms with van der Waals surface area (Å²) in [5.74, 6) is -0.485. The van der Waals surface area contributed by atoms with Gasteiger partial charge in [-0.1, -0.05) is 30.3 Å². The minimum atomic E-state index is -3.44. The van der Waals surface area contributed by atoms with Gasteiger partial charge < -0.3 is 13.8 Å². The Kier molecular flexibility index (Phi) is 5.57. The second-order valence-electron chi connectivity index (χ2n) is 4.88. The van der Waals surface area contributed by atoms with Crippen LogP contribution in [0, 0.1) is 0 Å². The molecular weight excluding hydrogens is 291 g/mol. The van der Waals surface area contributed by atoms with Crippen LogP contribution >= 0.6 is 7.60 Å². The number of carbonyl (C=O) groups is 1. The number of hydrogen-bond donors (Lipinski definition) is 0. The first-order valence-electron chi connectivity index (χ1n) is 7.22. The lowest BCUT2D eigenvalue weighted by Crippen LogP contribution is -2.18. The minimum Gasteiger partial charge on any atom is -0.461 e. The number of carbonyl (C=O) groups excluding carboxylic acids is 1. The molecule has 0 N–H and O–H groups in total. The molecule has 2 rings (SSSR count). The van der Waals surface area contributed by atoms with Crippen molar-refractivity contribution in [1.82, 2.24) is 0 Å². The van der Waals surface area contributed by atoms with Crippen molar-refractivity contribution >= 4 is 13.6 Å². The van der Waals surface area contributed by atoms with Gasteiger partial charge in [-0.3, -0.25) is 9.36 Å². The lowest BCUT2D eigenvalue weighted by atomic mass is 10.1. The maximum atomic E-state index is 12.7. The molecule has 5 nitrogen and oxygen atoms in total. The maximum Gasteiger partial charge on any atom is 0.345 e. The number of rotatable bonds is 7. The van der Waals surface area contributed by atoms with E-state index in [1.54, 1.807) is 13.8 Å². The van der Waals surface area contributed by atoms with Gasteiger partial charge in [0.2, 0.25) is 0 Å². The average Bonchev–Trinajstić information content (AvgIpc) is 2.82. The van der Waals surface area contributed by atoms with Crippen LogP contribution in [0.4, 0.5) is 0 Å². The molecule has 116 valence electrons. The second-order valence-corrected chi connectivity index (χ2v) is 7.09. The Morgan fingerprint density at radius 1 is 1.19 bits per heavy atom. The van der Waals surface area contributed by atoms with Gasteiger partial charge in [-0.05, 0) is 19.4 Å². The average molecular weight is 312 g/mol. The summed E-state index contributed by atoms with van der Waals surface area (Å²) >= 11 is 0. The molecular formula is C15H21O5P. The number of benzene rings is 1. The molecule has 0 saturated carbocycles. The summed E-state index contributed by atoms with van der Waals surface area (Å²) in [7, 11) is -3.44. The summed E-state index contributed by atoms with van der Waals surface area (Å²) in [6.45, 7) is 3.94. The first-order valence-corrected chi connectivity index (χ1v) is 8.83. The second kappa shape index (κ2) is 7.21. The van der Waals surface area contributed by atoms with Crippen molar-refractivity contribution in [2.24, 2.45) is 0 Å². The minimum absolute atomic E-state index is 0.240. The summed E-state index contributed by atoms with van der Waals surface area (Å²) < 4.78 is 28.5. The van der Waals surface area contributed by atoms with Crippen LogP contribution < -0.4 is 0 Å². The molecule has 2 atom stereocenters. The van der Waals surface area contributed by atoms with Gasteiger partial charge in [-0.2, -0.15) is 0 Å². The van der Waals surface area contributed by atoms with Crippen molar-refractivity contribution in [3.63, 3.8) is 0 Å². The molecule has 0 aliphatic carbocycles. The maximum absolute atomic E-state index is 12.7. The zero-order valence-electron chi connectivity index (χ0n) is 12.4. The number of cyclic esters (lactones) is 1. The molecule has 1 saturated heterocycles. The predicted molar refractivity (Wildman–Crippen MR) is 79.3 cm³/mol. The van der Waals surface area contributed by atoms with Crippen LogP contribution in [-0.2, 0) is 29.6 Å². The van der Waals surface area contributed by atoms with Crippen molar-refractivity contribution in [1.29, 1.82) is 0 Å². The van der Waals surface area contributed by atoms with E-state index in [-0.39, 0.29) is 19.3 Å². The largest absolute Gasteiger partial charge is 0.461 e. The van der Waals surface area contributed by atoms with Gasteiger partial charge in [0, 0.05) is 12.8 Å². The van der Waals surface area contributed by atoms with Gasteiger partial charge in [-0.15, -0.1) is 0 Å². The van der Waals surface area contributed by atoms with E-state index in [0.717, 1.165) is 5.56 Å². The van der Waals surface area contributed by atoms with Crippen molar-refractivity contribution in [2.45, 2.75) is 38.5 Å². The molecule has 1 aromatic rings. The Hall–Kier alpha value is -1.16. The van der Waals surface area contributed by atoms with Crippen LogP contribution in [0.15, 0.2) is 30.3 Å². The van der Waals surface area contributed by atoms with Crippen molar-refractivity contribution in [3.05, 3.63) is 35.9 Å². The monoisotopic (exact) mass is 312 g/mol. The molecule has 21 heavy (non-hydrogen) atoms. The van der Waals surface area contributed by atoms with Crippen LogP contribution in [0.1, 0.15) is 25.8 Å². The molecule has 0 amide bonds. The number of ether oxygens (including phenoxy) is 1. The highest BCUT2D eigenvalue weighted by atomic mass is 31.2. The molecule has 1 aliphatic rings. The molecule has 0 spiro atoms. The van der Waals surface area contributed by atoms with E-state index in [9.17, 15) is 9.36 Å². The Morgan fingerprint density at radius 3 is 2.38 bits per heavy atom. The smallest absolute Gasteiger partial charge is 0.345 e. The van der Waals surface area contributed by atoms with Gasteiger partial charge in [0.25, 0.3) is 0 Å². The first kappa shape index (κ1) is 16.2. The van der Waals surface area contributed by atoms with Crippen LogP contribution in [0.25, 0.3) is 0 Å². The van der Waals surface area contributed by atoms with Gasteiger partial charge in [0.1, 0.15) is 6.10 Å². The fourth-order valence-electron chi connectivity index (χ4n) is 2.47. The zero-order valence-corrected chi connectivity index (χ0v) is 13.3. The topological polar surface area (TPSA) is 61.8 Å². The Bertz CT molecular complexity index is 506. The SMILES string of the molecule is CCOP(=O)(OCC)C1CC(Cc2ccccc2)OC1=O. The molecule has 2 unspecified atom stereocenters. The summed E-state index contributed by atoms with van der Waals surface area (Å²) in [4.78, 5) is 12.0. The van der Waals surface area contributed by atoms with Gasteiger partial charge in [0.15, 0.2) is 5.66 Å². The molecule has 1 heterocycles. The Labute approximate surface area is 125 Å². The molecule has 0 radical (unpaired) electrons. The Morgan fingerprint density at radius 2 is 1.81 bits per heavy atom. The van der Waals surface area contributed by atoms with Gasteiger partial charge >= 0.3 is 13.6 Å². The van der Waals surface area contributed by atoms with Crippen LogP contribution in [0.2, 0.25) is 0 Å². The van der Waals surface area contributed by atoms with Crippen LogP contribution in [-0.4, -0.2) is 30.9 Å². The van der Waals surface area contributed by atoms with Crippen molar-refractivity contribution in [3.8, 4) is 0 Å². The molecule has 0 aromatic heterocycles. The third-order valence-corrected chi connectivity index (χ3v) is 5.77. The fraction of sp³-hybridized carbons (Fsp3) is 0.533. The standard InChI is InChI=1S/C15H21O5P/c1-3-18-21(17,19-4-2)14-11-13(20-15(14)16)10-12-8-6-5-7-9-12/h5-9,13-14H,3-4,10-11H2,1-2H3. The zero-order chi connectivity index (χ0) is 15.3. The van der Waals surface area contributed by atoms with Crippen molar-refractivity contribution < 1.29 is 23.1 Å². The van der Waals surface area contributed by atoms with E-state index >= 15 is 0 Å². The first-order chi connectivity index (χ1) is 10.1. The van der Waals surface area contributed by atoms with Crippen LogP contribution in [0.5, 0.6) is 0 Å². The highest BCUT2D eigenvalue weighted by Gasteiger charge is 2.48. The summed E-state index contributed by atoms with van der Waals surface area (Å²) in [6, 6.07) is 9.77. The predicted octanol–water partition coefficient (Wildman–Crippen LogP) is 3.18. The van der Waals surface area contributed by atoms with E-state index in [1.165, 1.54) is 0 Å². The van der Waals surface area contributed by atoms with E-state index in [4.69, 9.17) is 13.8 Å². The molecule has 6 heteroatoms. The van der Waals surface area contributed by atoms with Gasteiger partial charge in [0.05, 0.1) is 13.2 Å². The molecule has 1 aliphatic heterocycles. The van der Waals surface area contributed by atoms with Gasteiger partial charge in [-0.25, -0.2) is 0 Å². The van der Waals surface area contributed by atoms with E-state index in [1.807, 2.05) is 30.3 Å². The summed E-state index contributed by atoms with van der Waals surface area (Å²) in [5, 5.41) is 0. The molecule has 1 fully saturated rings. The normalized spacial score (nSPS) is 22.3. The lowest BCUT2D eigenvalue weighted by Gasteiger charge is -2.20. The lowest BCUT2D eigenvalue weighted by molar-refractivity contribution is -0.141. The van der Waals surface area contributed by atoms with Crippen molar-refractivity contribution in [2.75, 3.05) is 13.2 Å². The Balaban J connectivity index is 2.06. The van der Waals surface area contributed by atoms with Crippen LogP contribution in [0.3, 0.4) is 0 Å². The molecule has 0 bridgehead atoms. The fourth-order valence-corrected chi connectivity index (χ4v) is 4.44. The van der Waals surface area contributed by atoms with E-state index in [2.05, 4.69) is 0 Å². The summed E-state index contributed by atoms with van der Waals surface area (Å²) in [6.07, 6.45) is 0.700. The summed E-state index contributed by atoms with van der Waals surface area (Å²) in [5.41, 5.74) is 0.268. The molecule has 1 aromatic carbocycles. The van der Waals surface area contributed by atoms with E-state index in [0.29, 0.717) is 12.8 Å². The number of esters is 1. The van der Waals surface area contributed by atoms with E-state index < -0.39 is 19.2 Å². The quantitative estimate of drug-likeness (QED) is 0.571. The third kappa shape index (κ3) is 3.94. The number of hydrogen-bond acceptors (Lipinski definition) is 5. The highest BCUT2D eigenvalue weighted by molar-refractivity contribution is 7.55.